The van der Waals surface area contributed by atoms with Gasteiger partial charge in [0.1, 0.15) is 5.75 Å². The van der Waals surface area contributed by atoms with Crippen LogP contribution in [0.15, 0.2) is 18.2 Å². The van der Waals surface area contributed by atoms with Crippen molar-refractivity contribution in [3.8, 4) is 5.75 Å². The Hall–Kier alpha value is -0.690. The highest BCUT2D eigenvalue weighted by molar-refractivity contribution is 6.30. The van der Waals surface area contributed by atoms with E-state index in [4.69, 9.17) is 16.3 Å². The second-order valence-corrected chi connectivity index (χ2v) is 5.08. The highest BCUT2D eigenvalue weighted by Crippen LogP contribution is 2.27. The SMILES string of the molecule is Cc1ccc(Cl)cc1OC1CCCCCC1. The summed E-state index contributed by atoms with van der Waals surface area (Å²) >= 11 is 5.99. The van der Waals surface area contributed by atoms with Gasteiger partial charge in [-0.2, -0.15) is 0 Å². The highest BCUT2D eigenvalue weighted by atomic mass is 35.5. The first-order chi connectivity index (χ1) is 7.75. The van der Waals surface area contributed by atoms with E-state index in [1.165, 1.54) is 44.1 Å². The molecule has 2 rings (SSSR count). The predicted octanol–water partition coefficient (Wildman–Crippen LogP) is 4.75. The zero-order valence-corrected chi connectivity index (χ0v) is 10.6. The second-order valence-electron chi connectivity index (χ2n) is 4.64. The van der Waals surface area contributed by atoms with Crippen LogP contribution in [0.3, 0.4) is 0 Å². The topological polar surface area (TPSA) is 9.23 Å². The minimum atomic E-state index is 0.389. The van der Waals surface area contributed by atoms with Crippen molar-refractivity contribution in [1.82, 2.24) is 0 Å². The van der Waals surface area contributed by atoms with Gasteiger partial charge in [-0.05, 0) is 50.3 Å². The van der Waals surface area contributed by atoms with E-state index in [9.17, 15) is 0 Å². The average Bonchev–Trinajstić information content (AvgIpc) is 2.52. The normalized spacial score (nSPS) is 18.1. The lowest BCUT2D eigenvalue weighted by molar-refractivity contribution is 0.182. The summed E-state index contributed by atoms with van der Waals surface area (Å²) in [4.78, 5) is 0. The number of hydrogen-bond acceptors (Lipinski definition) is 1. The van der Waals surface area contributed by atoms with Crippen LogP contribution in [0.25, 0.3) is 0 Å². The Morgan fingerprint density at radius 3 is 2.50 bits per heavy atom. The first-order valence-electron chi connectivity index (χ1n) is 6.18. The van der Waals surface area contributed by atoms with E-state index in [-0.39, 0.29) is 0 Å². The standard InChI is InChI=1S/C14H19ClO/c1-11-8-9-12(15)10-14(11)16-13-6-4-2-3-5-7-13/h8-10,13H,2-7H2,1H3. The molecule has 1 aromatic carbocycles. The van der Waals surface area contributed by atoms with E-state index in [0.29, 0.717) is 6.10 Å². The minimum absolute atomic E-state index is 0.389. The third-order valence-electron chi connectivity index (χ3n) is 3.25. The van der Waals surface area contributed by atoms with Gasteiger partial charge in [0.05, 0.1) is 6.10 Å². The Labute approximate surface area is 103 Å². The van der Waals surface area contributed by atoms with E-state index in [2.05, 4.69) is 6.92 Å². The van der Waals surface area contributed by atoms with Gasteiger partial charge in [-0.25, -0.2) is 0 Å². The van der Waals surface area contributed by atoms with Gasteiger partial charge in [-0.15, -0.1) is 0 Å². The summed E-state index contributed by atoms with van der Waals surface area (Å²) < 4.78 is 6.06. The Bertz CT molecular complexity index is 341. The number of rotatable bonds is 2. The maximum absolute atomic E-state index is 6.06. The van der Waals surface area contributed by atoms with Gasteiger partial charge in [-0.1, -0.05) is 30.5 Å². The Morgan fingerprint density at radius 2 is 1.81 bits per heavy atom. The first kappa shape index (κ1) is 11.8. The third kappa shape index (κ3) is 3.15. The summed E-state index contributed by atoms with van der Waals surface area (Å²) in [6.07, 6.45) is 8.06. The molecule has 88 valence electrons. The molecule has 1 aromatic rings. The van der Waals surface area contributed by atoms with Crippen molar-refractivity contribution < 1.29 is 4.74 Å². The fourth-order valence-electron chi connectivity index (χ4n) is 2.24. The monoisotopic (exact) mass is 238 g/mol. The lowest BCUT2D eigenvalue weighted by Gasteiger charge is -2.18. The Kier molecular flexibility index (Phi) is 4.11. The minimum Gasteiger partial charge on any atom is -0.490 e. The molecule has 0 radical (unpaired) electrons. The van der Waals surface area contributed by atoms with Gasteiger partial charge in [0.25, 0.3) is 0 Å². The van der Waals surface area contributed by atoms with Crippen molar-refractivity contribution in [1.29, 1.82) is 0 Å². The van der Waals surface area contributed by atoms with Crippen LogP contribution in [0.5, 0.6) is 5.75 Å². The molecule has 2 heteroatoms. The maximum atomic E-state index is 6.06. The number of benzene rings is 1. The van der Waals surface area contributed by atoms with Crippen LogP contribution in [-0.2, 0) is 0 Å². The Balaban J connectivity index is 2.04. The molecule has 0 unspecified atom stereocenters. The first-order valence-corrected chi connectivity index (χ1v) is 6.56. The van der Waals surface area contributed by atoms with Gasteiger partial charge >= 0.3 is 0 Å². The summed E-state index contributed by atoms with van der Waals surface area (Å²) in [7, 11) is 0. The molecule has 1 fully saturated rings. The fourth-order valence-corrected chi connectivity index (χ4v) is 2.40. The van der Waals surface area contributed by atoms with Crippen molar-refractivity contribution in [3.05, 3.63) is 28.8 Å². The van der Waals surface area contributed by atoms with Gasteiger partial charge in [-0.3, -0.25) is 0 Å². The molecule has 1 aliphatic rings. The van der Waals surface area contributed by atoms with E-state index in [1.807, 2.05) is 18.2 Å². The van der Waals surface area contributed by atoms with Crippen LogP contribution < -0.4 is 4.74 Å². The van der Waals surface area contributed by atoms with E-state index in [1.54, 1.807) is 0 Å². The summed E-state index contributed by atoms with van der Waals surface area (Å²) in [6, 6.07) is 5.87. The molecule has 1 nitrogen and oxygen atoms in total. The molecule has 0 aromatic heterocycles. The Morgan fingerprint density at radius 1 is 1.12 bits per heavy atom. The molecule has 16 heavy (non-hydrogen) atoms. The van der Waals surface area contributed by atoms with Crippen LogP contribution in [0.1, 0.15) is 44.1 Å². The van der Waals surface area contributed by atoms with Gasteiger partial charge < -0.3 is 4.74 Å². The quantitative estimate of drug-likeness (QED) is 0.676. The fraction of sp³-hybridized carbons (Fsp3) is 0.571. The number of aryl methyl sites for hydroxylation is 1. The van der Waals surface area contributed by atoms with E-state index >= 15 is 0 Å². The maximum Gasteiger partial charge on any atom is 0.124 e. The highest BCUT2D eigenvalue weighted by Gasteiger charge is 2.14. The summed E-state index contributed by atoms with van der Waals surface area (Å²) in [5.74, 6) is 0.958. The zero-order chi connectivity index (χ0) is 11.4. The predicted molar refractivity (Wildman–Crippen MR) is 68.3 cm³/mol. The smallest absolute Gasteiger partial charge is 0.124 e. The van der Waals surface area contributed by atoms with Crippen LogP contribution in [0.4, 0.5) is 0 Å². The molecule has 0 bridgehead atoms. The molecular weight excluding hydrogens is 220 g/mol. The van der Waals surface area contributed by atoms with Crippen LogP contribution in [0.2, 0.25) is 5.02 Å². The van der Waals surface area contributed by atoms with Crippen LogP contribution in [-0.4, -0.2) is 6.10 Å². The lowest BCUT2D eigenvalue weighted by atomic mass is 10.1. The summed E-state index contributed by atoms with van der Waals surface area (Å²) in [5, 5.41) is 0.759. The lowest BCUT2D eigenvalue weighted by Crippen LogP contribution is -2.15. The van der Waals surface area contributed by atoms with Crippen molar-refractivity contribution in [2.45, 2.75) is 51.6 Å². The van der Waals surface area contributed by atoms with Crippen molar-refractivity contribution >= 4 is 11.6 Å². The number of ether oxygens (including phenoxy) is 1. The summed E-state index contributed by atoms with van der Waals surface area (Å²) in [5.41, 5.74) is 1.17. The molecule has 0 atom stereocenters. The molecule has 0 saturated heterocycles. The molecule has 0 spiro atoms. The van der Waals surface area contributed by atoms with Crippen LogP contribution in [0, 0.1) is 6.92 Å². The molecule has 1 saturated carbocycles. The largest absolute Gasteiger partial charge is 0.490 e. The van der Waals surface area contributed by atoms with E-state index < -0.39 is 0 Å². The van der Waals surface area contributed by atoms with E-state index in [0.717, 1.165) is 10.8 Å². The molecule has 0 aliphatic heterocycles. The van der Waals surface area contributed by atoms with Crippen molar-refractivity contribution in [3.63, 3.8) is 0 Å². The molecule has 1 aliphatic carbocycles. The van der Waals surface area contributed by atoms with Gasteiger partial charge in [0.15, 0.2) is 0 Å². The molecule has 0 N–H and O–H groups in total. The third-order valence-corrected chi connectivity index (χ3v) is 3.48. The second kappa shape index (κ2) is 5.58. The average molecular weight is 239 g/mol. The van der Waals surface area contributed by atoms with Crippen molar-refractivity contribution in [2.24, 2.45) is 0 Å². The summed E-state index contributed by atoms with van der Waals surface area (Å²) in [6.45, 7) is 2.07. The number of hydrogen-bond donors (Lipinski definition) is 0. The van der Waals surface area contributed by atoms with Crippen LogP contribution >= 0.6 is 11.6 Å². The molecule has 0 amide bonds. The molecule has 0 heterocycles. The molecular formula is C14H19ClO. The number of halogens is 1. The zero-order valence-electron chi connectivity index (χ0n) is 9.84. The van der Waals surface area contributed by atoms with Crippen molar-refractivity contribution in [2.75, 3.05) is 0 Å². The van der Waals surface area contributed by atoms with Gasteiger partial charge in [0, 0.05) is 5.02 Å². The van der Waals surface area contributed by atoms with Gasteiger partial charge in [0.2, 0.25) is 0 Å².